The van der Waals surface area contributed by atoms with Crippen molar-refractivity contribution in [2.24, 2.45) is 5.92 Å². The Hall–Kier alpha value is -0.844. The molecule has 2 aromatic rings. The van der Waals surface area contributed by atoms with E-state index >= 15 is 0 Å². The van der Waals surface area contributed by atoms with Crippen molar-refractivity contribution in [2.45, 2.75) is 19.4 Å². The molecular formula is C14H16KN5O3. The monoisotopic (exact) mass is 341 g/mol. The van der Waals surface area contributed by atoms with Gasteiger partial charge < -0.3 is 19.9 Å². The van der Waals surface area contributed by atoms with Gasteiger partial charge in [0.1, 0.15) is 11.6 Å². The number of hydrogen-bond donors (Lipinski definition) is 1. The van der Waals surface area contributed by atoms with E-state index in [1.54, 1.807) is 29.2 Å². The van der Waals surface area contributed by atoms with Crippen LogP contribution in [0.4, 0.5) is 5.82 Å². The molecule has 23 heavy (non-hydrogen) atoms. The fraction of sp³-hybridized carbons (Fsp3) is 0.429. The van der Waals surface area contributed by atoms with Crippen LogP contribution in [0, 0.1) is 12.8 Å². The van der Waals surface area contributed by atoms with E-state index in [1.807, 2.05) is 11.8 Å². The number of hydrogen-bond acceptors (Lipinski definition) is 7. The van der Waals surface area contributed by atoms with Gasteiger partial charge in [0.2, 0.25) is 5.95 Å². The molecule has 9 heteroatoms. The number of imidazole rings is 1. The number of nitrogens with zero attached hydrogens (tertiary/aromatic N) is 5. The number of aliphatic hydroxyl groups is 1. The Balaban J connectivity index is 0.00000192. The third kappa shape index (κ3) is 4.17. The molecular weight excluding hydrogens is 325 g/mol. The van der Waals surface area contributed by atoms with Crippen molar-refractivity contribution < 1.29 is 66.4 Å². The van der Waals surface area contributed by atoms with Crippen LogP contribution in [0.25, 0.3) is 5.95 Å². The summed E-state index contributed by atoms with van der Waals surface area (Å²) in [5, 5.41) is 20.7. The average molecular weight is 341 g/mol. The van der Waals surface area contributed by atoms with Gasteiger partial charge in [0.15, 0.2) is 0 Å². The fourth-order valence-electron chi connectivity index (χ4n) is 2.68. The number of β-amino-alcohol motifs (C(OH)–C–C–N with tert-alkyl or cyclic N) is 1. The zero-order chi connectivity index (χ0) is 15.7. The minimum atomic E-state index is -1.15. The number of rotatable bonds is 4. The minimum absolute atomic E-state index is 0. The Morgan fingerprint density at radius 2 is 2.17 bits per heavy atom. The summed E-state index contributed by atoms with van der Waals surface area (Å²) in [4.78, 5) is 25.4. The molecule has 1 fully saturated rings. The smallest absolute Gasteiger partial charge is 0.550 e. The summed E-state index contributed by atoms with van der Waals surface area (Å²) in [6.45, 7) is 2.62. The molecule has 2 aromatic heterocycles. The number of carboxylic acid groups (broad SMARTS) is 1. The quantitative estimate of drug-likeness (QED) is 0.564. The van der Waals surface area contributed by atoms with Gasteiger partial charge >= 0.3 is 51.4 Å². The van der Waals surface area contributed by atoms with Crippen molar-refractivity contribution in [3.8, 4) is 5.95 Å². The Morgan fingerprint density at radius 3 is 2.83 bits per heavy atom. The molecule has 1 saturated heterocycles. The van der Waals surface area contributed by atoms with Crippen molar-refractivity contribution in [3.63, 3.8) is 0 Å². The standard InChI is InChI=1S/C14H17N5O3.K/c1-9-15-4-5-19(9)14-16-3-2-12(17-14)18-7-10(6-13(21)22)11(20)8-18;/h2-5,10-11,20H,6-8H2,1H3,(H,21,22);/q;+1/p-1/t10-,11-;/m1./s1. The first-order valence-corrected chi connectivity index (χ1v) is 7.01. The SMILES string of the molecule is Cc1nccn1-c1nccc(N2C[C@@H](CC(=O)[O-])[C@H](O)C2)n1.[K+]. The minimum Gasteiger partial charge on any atom is -0.550 e. The van der Waals surface area contributed by atoms with Gasteiger partial charge in [-0.2, -0.15) is 4.98 Å². The van der Waals surface area contributed by atoms with E-state index < -0.39 is 12.1 Å². The Kier molecular flexibility index (Phi) is 6.29. The molecule has 1 aliphatic rings. The third-order valence-electron chi connectivity index (χ3n) is 3.83. The van der Waals surface area contributed by atoms with Crippen LogP contribution < -0.4 is 61.4 Å². The largest absolute Gasteiger partial charge is 1.00 e. The maximum Gasteiger partial charge on any atom is 1.00 e. The Labute approximate surface area is 176 Å². The van der Waals surface area contributed by atoms with Crippen molar-refractivity contribution in [3.05, 3.63) is 30.5 Å². The van der Waals surface area contributed by atoms with Gasteiger partial charge in [-0.25, -0.2) is 9.97 Å². The van der Waals surface area contributed by atoms with Crippen molar-refractivity contribution in [1.29, 1.82) is 0 Å². The van der Waals surface area contributed by atoms with E-state index in [2.05, 4.69) is 15.0 Å². The Bertz CT molecular complexity index is 693. The van der Waals surface area contributed by atoms with Crippen LogP contribution in [0.15, 0.2) is 24.7 Å². The number of aromatic nitrogens is 4. The number of aliphatic hydroxyl groups excluding tert-OH is 1. The number of anilines is 1. The van der Waals surface area contributed by atoms with Crippen LogP contribution in [-0.2, 0) is 4.79 Å². The molecule has 2 atom stereocenters. The molecule has 0 amide bonds. The molecule has 0 aliphatic carbocycles. The molecule has 0 saturated carbocycles. The molecule has 0 bridgehead atoms. The molecule has 1 aliphatic heterocycles. The predicted molar refractivity (Wildman–Crippen MR) is 75.2 cm³/mol. The summed E-state index contributed by atoms with van der Waals surface area (Å²) in [7, 11) is 0. The number of carbonyl (C=O) groups excluding carboxylic acids is 1. The van der Waals surface area contributed by atoms with Crippen LogP contribution in [0.3, 0.4) is 0 Å². The number of carboxylic acids is 1. The van der Waals surface area contributed by atoms with Crippen molar-refractivity contribution in [1.82, 2.24) is 19.5 Å². The second kappa shape index (κ2) is 7.82. The molecule has 116 valence electrons. The van der Waals surface area contributed by atoms with Crippen LogP contribution in [0.1, 0.15) is 12.2 Å². The van der Waals surface area contributed by atoms with Gasteiger partial charge in [-0.05, 0) is 19.4 Å². The van der Waals surface area contributed by atoms with Gasteiger partial charge in [-0.15, -0.1) is 0 Å². The van der Waals surface area contributed by atoms with E-state index in [0.717, 1.165) is 5.82 Å². The number of aliphatic carboxylic acids is 1. The molecule has 0 unspecified atom stereocenters. The first-order valence-electron chi connectivity index (χ1n) is 7.01. The maximum absolute atomic E-state index is 10.7. The van der Waals surface area contributed by atoms with Gasteiger partial charge in [-0.3, -0.25) is 4.57 Å². The van der Waals surface area contributed by atoms with Crippen LogP contribution in [0.5, 0.6) is 0 Å². The van der Waals surface area contributed by atoms with Gasteiger partial charge in [0, 0.05) is 43.6 Å². The van der Waals surface area contributed by atoms with Crippen LogP contribution in [-0.4, -0.2) is 49.8 Å². The zero-order valence-electron chi connectivity index (χ0n) is 13.1. The average Bonchev–Trinajstić information content (AvgIpc) is 3.05. The molecule has 3 rings (SSSR count). The van der Waals surface area contributed by atoms with Gasteiger partial charge in [0.05, 0.1) is 6.10 Å². The summed E-state index contributed by atoms with van der Waals surface area (Å²) in [6, 6.07) is 1.74. The molecule has 0 spiro atoms. The topological polar surface area (TPSA) is 107 Å². The van der Waals surface area contributed by atoms with Crippen LogP contribution >= 0.6 is 0 Å². The Morgan fingerprint density at radius 1 is 1.39 bits per heavy atom. The van der Waals surface area contributed by atoms with E-state index in [1.165, 1.54) is 0 Å². The van der Waals surface area contributed by atoms with E-state index in [9.17, 15) is 15.0 Å². The fourth-order valence-corrected chi connectivity index (χ4v) is 2.68. The molecule has 1 N–H and O–H groups in total. The van der Waals surface area contributed by atoms with Gasteiger partial charge in [0.25, 0.3) is 0 Å². The van der Waals surface area contributed by atoms with Crippen LogP contribution in [0.2, 0.25) is 0 Å². The second-order valence-electron chi connectivity index (χ2n) is 5.37. The molecule has 0 aromatic carbocycles. The number of carbonyl (C=O) groups is 1. The van der Waals surface area contributed by atoms with Gasteiger partial charge in [-0.1, -0.05) is 0 Å². The summed E-state index contributed by atoms with van der Waals surface area (Å²) < 4.78 is 1.76. The van der Waals surface area contributed by atoms with Crippen molar-refractivity contribution in [2.75, 3.05) is 18.0 Å². The maximum atomic E-state index is 10.7. The normalized spacial score (nSPS) is 20.3. The number of aryl methyl sites for hydroxylation is 1. The second-order valence-corrected chi connectivity index (χ2v) is 5.37. The molecule has 0 radical (unpaired) electrons. The van der Waals surface area contributed by atoms with Crippen molar-refractivity contribution >= 4 is 11.8 Å². The summed E-state index contributed by atoms with van der Waals surface area (Å²) >= 11 is 0. The predicted octanol–water partition coefficient (Wildman–Crippen LogP) is -4.09. The molecule has 3 heterocycles. The first-order chi connectivity index (χ1) is 10.5. The van der Waals surface area contributed by atoms with E-state index in [4.69, 9.17) is 0 Å². The summed E-state index contributed by atoms with van der Waals surface area (Å²) in [5.74, 6) is 0.415. The van der Waals surface area contributed by atoms with E-state index in [0.29, 0.717) is 24.9 Å². The zero-order valence-corrected chi connectivity index (χ0v) is 16.2. The third-order valence-corrected chi connectivity index (χ3v) is 3.83. The summed E-state index contributed by atoms with van der Waals surface area (Å²) in [6.07, 6.45) is 4.21. The first kappa shape index (κ1) is 18.5. The summed E-state index contributed by atoms with van der Waals surface area (Å²) in [5.41, 5.74) is 0. The molecule has 8 nitrogen and oxygen atoms in total. The van der Waals surface area contributed by atoms with E-state index in [-0.39, 0.29) is 63.7 Å².